The Balaban J connectivity index is 1.54. The molecule has 3 aromatic rings. The van der Waals surface area contributed by atoms with Crippen LogP contribution in [0.3, 0.4) is 0 Å². The lowest BCUT2D eigenvalue weighted by Crippen LogP contribution is -2.52. The Morgan fingerprint density at radius 1 is 0.973 bits per heavy atom. The Kier molecular flexibility index (Phi) is 8.18. The number of carbonyl (C=O) groups excluding carboxylic acids is 1. The molecule has 4 rings (SSSR count). The number of hydrogen-bond acceptors (Lipinski definition) is 7. The number of hydrogen-bond donors (Lipinski definition) is 2. The van der Waals surface area contributed by atoms with Crippen molar-refractivity contribution in [2.75, 3.05) is 51.0 Å². The Morgan fingerprint density at radius 2 is 1.59 bits per heavy atom. The normalized spacial score (nSPS) is 13.8. The van der Waals surface area contributed by atoms with Crippen molar-refractivity contribution in [1.29, 1.82) is 0 Å². The molecule has 1 aliphatic heterocycles. The molecule has 0 bridgehead atoms. The van der Waals surface area contributed by atoms with Gasteiger partial charge in [-0.1, -0.05) is 0 Å². The predicted octanol–water partition coefficient (Wildman–Crippen LogP) is 3.33. The van der Waals surface area contributed by atoms with E-state index in [9.17, 15) is 4.79 Å². The van der Waals surface area contributed by atoms with E-state index in [2.05, 4.69) is 25.6 Å². The lowest BCUT2D eigenvalue weighted by Gasteiger charge is -2.36. The molecule has 0 saturated carbocycles. The average Bonchev–Trinajstić information content (AvgIpc) is 3.42. The van der Waals surface area contributed by atoms with Crippen LogP contribution in [0.25, 0.3) is 0 Å². The molecule has 0 radical (unpaired) electrons. The molecule has 1 aromatic carbocycles. The zero-order valence-electron chi connectivity index (χ0n) is 21.1. The van der Waals surface area contributed by atoms with Crippen LogP contribution in [-0.4, -0.2) is 77.1 Å². The molecule has 0 atom stereocenters. The van der Waals surface area contributed by atoms with Crippen molar-refractivity contribution >= 4 is 40.8 Å². The molecule has 3 heterocycles. The molecule has 12 heteroatoms. The van der Waals surface area contributed by atoms with Crippen molar-refractivity contribution in [2.24, 2.45) is 4.99 Å². The van der Waals surface area contributed by atoms with Crippen molar-refractivity contribution in [2.45, 2.75) is 13.8 Å². The number of piperazine rings is 1. The second kappa shape index (κ2) is 11.7. The Hall–Kier alpha value is -4.19. The number of benzene rings is 1. The summed E-state index contributed by atoms with van der Waals surface area (Å²) in [6.07, 6.45) is 1.49. The van der Waals surface area contributed by atoms with Crippen LogP contribution in [0.1, 0.15) is 21.9 Å². The zero-order valence-corrected chi connectivity index (χ0v) is 22.0. The number of furan rings is 1. The van der Waals surface area contributed by atoms with Crippen LogP contribution in [0.15, 0.2) is 52.1 Å². The number of thiocarbonyl (C=S) groups is 1. The number of ether oxygens (including phenoxy) is 2. The number of guanidine groups is 1. The van der Waals surface area contributed by atoms with Gasteiger partial charge in [-0.2, -0.15) is 4.99 Å². The third-order valence-corrected chi connectivity index (χ3v) is 5.81. The van der Waals surface area contributed by atoms with E-state index in [-0.39, 0.29) is 11.0 Å². The van der Waals surface area contributed by atoms with Crippen molar-refractivity contribution < 1.29 is 18.7 Å². The van der Waals surface area contributed by atoms with E-state index in [0.717, 1.165) is 11.4 Å². The minimum atomic E-state index is -0.141. The smallest absolute Gasteiger partial charge is 0.289 e. The van der Waals surface area contributed by atoms with Gasteiger partial charge in [0.15, 0.2) is 5.76 Å². The number of carbonyl (C=O) groups is 1. The van der Waals surface area contributed by atoms with E-state index >= 15 is 0 Å². The van der Waals surface area contributed by atoms with E-state index in [4.69, 9.17) is 26.1 Å². The van der Waals surface area contributed by atoms with E-state index in [1.807, 2.05) is 24.8 Å². The summed E-state index contributed by atoms with van der Waals surface area (Å²) in [5, 5.41) is 6.55. The molecule has 1 fully saturated rings. The topological polar surface area (TPSA) is 117 Å². The van der Waals surface area contributed by atoms with Crippen LogP contribution in [-0.2, 0) is 0 Å². The fourth-order valence-electron chi connectivity index (χ4n) is 3.86. The molecule has 2 aromatic heterocycles. The summed E-state index contributed by atoms with van der Waals surface area (Å²) >= 11 is 5.56. The number of aliphatic imine (C=N–C) groups is 1. The number of nitrogens with zero attached hydrogens (tertiary/aromatic N) is 5. The summed E-state index contributed by atoms with van der Waals surface area (Å²) in [5.41, 5.74) is 2.32. The number of amides is 1. The van der Waals surface area contributed by atoms with Gasteiger partial charge in [-0.3, -0.25) is 10.1 Å². The van der Waals surface area contributed by atoms with Gasteiger partial charge in [-0.15, -0.1) is 0 Å². The van der Waals surface area contributed by atoms with E-state index in [0.29, 0.717) is 61.0 Å². The van der Waals surface area contributed by atoms with Crippen LogP contribution in [0.2, 0.25) is 0 Å². The third-order valence-electron chi connectivity index (χ3n) is 5.61. The highest BCUT2D eigenvalue weighted by atomic mass is 32.1. The maximum atomic E-state index is 12.7. The highest BCUT2D eigenvalue weighted by Gasteiger charge is 2.26. The van der Waals surface area contributed by atoms with Gasteiger partial charge in [-0.25, -0.2) is 9.97 Å². The fraction of sp³-hybridized carbons (Fsp3) is 0.320. The number of aryl methyl sites for hydroxylation is 2. The van der Waals surface area contributed by atoms with Gasteiger partial charge >= 0.3 is 0 Å². The first-order valence-corrected chi connectivity index (χ1v) is 12.0. The molecule has 0 aliphatic carbocycles. The lowest BCUT2D eigenvalue weighted by molar-refractivity contribution is 0.0660. The van der Waals surface area contributed by atoms with Crippen LogP contribution in [0, 0.1) is 13.8 Å². The van der Waals surface area contributed by atoms with Gasteiger partial charge < -0.3 is 29.0 Å². The van der Waals surface area contributed by atoms with E-state index in [1.165, 1.54) is 6.26 Å². The summed E-state index contributed by atoms with van der Waals surface area (Å²) in [7, 11) is 3.16. The number of methoxy groups -OCH3 is 2. The third kappa shape index (κ3) is 6.73. The maximum absolute atomic E-state index is 12.7. The molecule has 0 unspecified atom stereocenters. The highest BCUT2D eigenvalue weighted by Crippen LogP contribution is 2.26. The minimum Gasteiger partial charge on any atom is -0.497 e. The van der Waals surface area contributed by atoms with Gasteiger partial charge in [0, 0.05) is 61.5 Å². The minimum absolute atomic E-state index is 0.141. The molecule has 11 nitrogen and oxygen atoms in total. The maximum Gasteiger partial charge on any atom is 0.289 e. The second-order valence-corrected chi connectivity index (χ2v) is 8.71. The molecular weight excluding hydrogens is 494 g/mol. The average molecular weight is 524 g/mol. The predicted molar refractivity (Wildman–Crippen MR) is 145 cm³/mol. The summed E-state index contributed by atoms with van der Waals surface area (Å²) in [4.78, 5) is 30.0. The summed E-state index contributed by atoms with van der Waals surface area (Å²) in [6, 6.07) is 10.6. The molecule has 37 heavy (non-hydrogen) atoms. The largest absolute Gasteiger partial charge is 0.497 e. The molecule has 194 valence electrons. The molecule has 2 N–H and O–H groups in total. The lowest BCUT2D eigenvalue weighted by atomic mass is 10.3. The Bertz CT molecular complexity index is 1250. The first-order chi connectivity index (χ1) is 17.8. The first-order valence-electron chi connectivity index (χ1n) is 11.6. The standard InChI is InChI=1S/C25H29N7O4S/c1-16-12-17(2)27-23(26-16)29-24(30-25(37)28-18-13-19(34-3)15-20(14-18)35-4)32-9-7-31(8-10-32)22(33)21-6-5-11-36-21/h5-6,11-15H,7-10H2,1-4H3,(H2,26,27,28,29,30,37). The molecule has 0 spiro atoms. The number of rotatable bonds is 5. The van der Waals surface area contributed by atoms with Crippen LogP contribution in [0.4, 0.5) is 11.6 Å². The summed E-state index contributed by atoms with van der Waals surface area (Å²) in [6.45, 7) is 5.83. The monoisotopic (exact) mass is 523 g/mol. The first kappa shape index (κ1) is 25.9. The molecular formula is C25H29N7O4S. The Labute approximate surface area is 220 Å². The summed E-state index contributed by atoms with van der Waals surface area (Å²) in [5.74, 6) is 2.31. The van der Waals surface area contributed by atoms with Crippen molar-refractivity contribution in [3.63, 3.8) is 0 Å². The van der Waals surface area contributed by atoms with Gasteiger partial charge in [0.25, 0.3) is 5.91 Å². The SMILES string of the molecule is COc1cc(NC(=S)/N=C(/Nc2nc(C)cc(C)n2)N2CCN(C(=O)c3ccco3)CC2)cc(OC)c1. The van der Waals surface area contributed by atoms with Gasteiger partial charge in [0.05, 0.1) is 20.5 Å². The van der Waals surface area contributed by atoms with Crippen molar-refractivity contribution in [3.05, 3.63) is 59.8 Å². The van der Waals surface area contributed by atoms with Crippen LogP contribution < -0.4 is 20.1 Å². The van der Waals surface area contributed by atoms with Gasteiger partial charge in [-0.05, 0) is 44.3 Å². The van der Waals surface area contributed by atoms with Gasteiger partial charge in [0.2, 0.25) is 17.0 Å². The van der Waals surface area contributed by atoms with E-state index in [1.54, 1.807) is 49.5 Å². The highest BCUT2D eigenvalue weighted by molar-refractivity contribution is 7.80. The summed E-state index contributed by atoms with van der Waals surface area (Å²) < 4.78 is 15.9. The Morgan fingerprint density at radius 3 is 2.16 bits per heavy atom. The molecule has 1 aliphatic rings. The van der Waals surface area contributed by atoms with Crippen molar-refractivity contribution in [1.82, 2.24) is 19.8 Å². The number of nitrogens with one attached hydrogen (secondary N) is 2. The van der Waals surface area contributed by atoms with E-state index < -0.39 is 0 Å². The zero-order chi connectivity index (χ0) is 26.4. The van der Waals surface area contributed by atoms with Crippen LogP contribution >= 0.6 is 12.2 Å². The molecule has 1 amide bonds. The number of anilines is 2. The second-order valence-electron chi connectivity index (χ2n) is 8.32. The van der Waals surface area contributed by atoms with Crippen molar-refractivity contribution in [3.8, 4) is 11.5 Å². The van der Waals surface area contributed by atoms with Crippen LogP contribution in [0.5, 0.6) is 11.5 Å². The molecule has 1 saturated heterocycles. The van der Waals surface area contributed by atoms with Gasteiger partial charge in [0.1, 0.15) is 11.5 Å². The quantitative estimate of drug-likeness (QED) is 0.293. The number of aromatic nitrogens is 2. The fourth-order valence-corrected chi connectivity index (χ4v) is 4.07.